The molecule has 0 fully saturated rings. The van der Waals surface area contributed by atoms with Crippen LogP contribution in [0.4, 0.5) is 0 Å². The van der Waals surface area contributed by atoms with Crippen LogP contribution in [0.25, 0.3) is 0 Å². The number of aliphatic hydroxyl groups is 1. The van der Waals surface area contributed by atoms with E-state index in [2.05, 4.69) is 37.2 Å². The maximum absolute atomic E-state index is 9.13. The topological polar surface area (TPSA) is 23.5 Å². The Bertz CT molecular complexity index is 281. The van der Waals surface area contributed by atoms with E-state index in [1.54, 1.807) is 0 Å². The summed E-state index contributed by atoms with van der Waals surface area (Å²) in [6.07, 6.45) is 1.05. The molecule has 0 aliphatic rings. The molecule has 0 bridgehead atoms. The number of nitrogens with zero attached hydrogens (tertiary/aromatic N) is 1. The Balaban J connectivity index is 2.42. The highest BCUT2D eigenvalue weighted by Crippen LogP contribution is 2.17. The normalized spacial score (nSPS) is 13.4. The summed E-state index contributed by atoms with van der Waals surface area (Å²) in [6.45, 7) is 6.56. The lowest BCUT2D eigenvalue weighted by Gasteiger charge is -2.21. The number of rotatable bonds is 6. The molecule has 15 heavy (non-hydrogen) atoms. The fourth-order valence-electron chi connectivity index (χ4n) is 1.63. The van der Waals surface area contributed by atoms with Crippen molar-refractivity contribution in [1.82, 2.24) is 4.90 Å². The van der Waals surface area contributed by atoms with E-state index in [4.69, 9.17) is 5.11 Å². The zero-order valence-corrected chi connectivity index (χ0v) is 10.7. The molecule has 0 saturated carbocycles. The summed E-state index contributed by atoms with van der Waals surface area (Å²) in [5, 5.41) is 11.3. The highest BCUT2D eigenvalue weighted by atomic mass is 32.1. The predicted octanol–water partition coefficient (Wildman–Crippen LogP) is 2.51. The van der Waals surface area contributed by atoms with Gasteiger partial charge in [0.1, 0.15) is 0 Å². The van der Waals surface area contributed by atoms with E-state index in [1.807, 2.05) is 11.3 Å². The lowest BCUT2D eigenvalue weighted by molar-refractivity contribution is 0.174. The van der Waals surface area contributed by atoms with Crippen LogP contribution in [0.3, 0.4) is 0 Å². The molecule has 0 amide bonds. The Morgan fingerprint density at radius 1 is 1.53 bits per heavy atom. The molecule has 0 aliphatic heterocycles. The third kappa shape index (κ3) is 3.93. The molecule has 86 valence electrons. The summed E-state index contributed by atoms with van der Waals surface area (Å²) in [4.78, 5) is 3.73. The average Bonchev–Trinajstić information content (AvgIpc) is 2.61. The molecule has 0 aromatic carbocycles. The van der Waals surface area contributed by atoms with Crippen LogP contribution >= 0.6 is 11.3 Å². The highest BCUT2D eigenvalue weighted by Gasteiger charge is 2.10. The maximum Gasteiger partial charge on any atom is 0.0471 e. The SMILES string of the molecule is CCC(CO)CN(C)Cc1sccc1C. The van der Waals surface area contributed by atoms with Crippen LogP contribution in [-0.4, -0.2) is 30.2 Å². The Morgan fingerprint density at radius 2 is 2.27 bits per heavy atom. The van der Waals surface area contributed by atoms with Crippen LogP contribution in [-0.2, 0) is 6.54 Å². The van der Waals surface area contributed by atoms with E-state index >= 15 is 0 Å². The molecule has 0 saturated heterocycles. The minimum atomic E-state index is 0.296. The molecule has 1 rings (SSSR count). The number of aryl methyl sites for hydroxylation is 1. The zero-order chi connectivity index (χ0) is 11.3. The lowest BCUT2D eigenvalue weighted by Crippen LogP contribution is -2.26. The van der Waals surface area contributed by atoms with Crippen molar-refractivity contribution in [2.45, 2.75) is 26.8 Å². The summed E-state index contributed by atoms with van der Waals surface area (Å²) in [6, 6.07) is 2.16. The summed E-state index contributed by atoms with van der Waals surface area (Å²) >= 11 is 1.82. The molecule has 1 aromatic heterocycles. The van der Waals surface area contributed by atoms with Crippen molar-refractivity contribution in [3.8, 4) is 0 Å². The second-order valence-electron chi connectivity index (χ2n) is 4.18. The molecule has 1 unspecified atom stereocenters. The molecular formula is C12H21NOS. The Kier molecular flexibility index (Phi) is 5.29. The fraction of sp³-hybridized carbons (Fsp3) is 0.667. The van der Waals surface area contributed by atoms with Crippen molar-refractivity contribution in [2.24, 2.45) is 5.92 Å². The molecule has 2 nitrogen and oxygen atoms in total. The molecule has 0 radical (unpaired) electrons. The first-order valence-corrected chi connectivity index (χ1v) is 6.37. The van der Waals surface area contributed by atoms with Crippen LogP contribution in [0.5, 0.6) is 0 Å². The monoisotopic (exact) mass is 227 g/mol. The van der Waals surface area contributed by atoms with Crippen molar-refractivity contribution < 1.29 is 5.11 Å². The van der Waals surface area contributed by atoms with Crippen molar-refractivity contribution in [3.63, 3.8) is 0 Å². The van der Waals surface area contributed by atoms with Gasteiger partial charge >= 0.3 is 0 Å². The highest BCUT2D eigenvalue weighted by molar-refractivity contribution is 7.10. The van der Waals surface area contributed by atoms with Crippen LogP contribution in [0.15, 0.2) is 11.4 Å². The maximum atomic E-state index is 9.13. The van der Waals surface area contributed by atoms with Crippen LogP contribution in [0, 0.1) is 12.8 Å². The summed E-state index contributed by atoms with van der Waals surface area (Å²) < 4.78 is 0. The molecule has 3 heteroatoms. The number of hydrogen-bond acceptors (Lipinski definition) is 3. The number of aliphatic hydroxyl groups excluding tert-OH is 1. The van der Waals surface area contributed by atoms with E-state index < -0.39 is 0 Å². The largest absolute Gasteiger partial charge is 0.396 e. The van der Waals surface area contributed by atoms with Crippen molar-refractivity contribution >= 4 is 11.3 Å². The van der Waals surface area contributed by atoms with E-state index in [9.17, 15) is 0 Å². The van der Waals surface area contributed by atoms with Gasteiger partial charge in [-0.3, -0.25) is 0 Å². The average molecular weight is 227 g/mol. The lowest BCUT2D eigenvalue weighted by atomic mass is 10.1. The van der Waals surface area contributed by atoms with Gasteiger partial charge in [0.2, 0.25) is 0 Å². The van der Waals surface area contributed by atoms with Gasteiger partial charge in [-0.1, -0.05) is 6.92 Å². The van der Waals surface area contributed by atoms with Gasteiger partial charge < -0.3 is 10.0 Å². The van der Waals surface area contributed by atoms with E-state index in [1.165, 1.54) is 10.4 Å². The van der Waals surface area contributed by atoms with E-state index in [0.29, 0.717) is 12.5 Å². The molecular weight excluding hydrogens is 206 g/mol. The standard InChI is InChI=1S/C12H21NOS/c1-4-11(9-14)7-13(3)8-12-10(2)5-6-15-12/h5-6,11,14H,4,7-9H2,1-3H3. The van der Waals surface area contributed by atoms with E-state index in [0.717, 1.165) is 19.5 Å². The first-order valence-electron chi connectivity index (χ1n) is 5.49. The minimum absolute atomic E-state index is 0.296. The van der Waals surface area contributed by atoms with Gasteiger partial charge in [-0.15, -0.1) is 11.3 Å². The molecule has 0 aliphatic carbocycles. The summed E-state index contributed by atoms with van der Waals surface area (Å²) in [5.74, 6) is 0.412. The first kappa shape index (κ1) is 12.7. The van der Waals surface area contributed by atoms with Gasteiger partial charge in [0.25, 0.3) is 0 Å². The molecule has 1 aromatic rings. The molecule has 0 spiro atoms. The van der Waals surface area contributed by atoms with Gasteiger partial charge in [0, 0.05) is 24.6 Å². The third-order valence-corrected chi connectivity index (χ3v) is 3.79. The Morgan fingerprint density at radius 3 is 2.73 bits per heavy atom. The Labute approximate surface area is 96.5 Å². The second kappa shape index (κ2) is 6.26. The number of thiophene rings is 1. The zero-order valence-electron chi connectivity index (χ0n) is 9.86. The van der Waals surface area contributed by atoms with Crippen molar-refractivity contribution in [3.05, 3.63) is 21.9 Å². The molecule has 1 atom stereocenters. The summed E-state index contributed by atoms with van der Waals surface area (Å²) in [5.41, 5.74) is 1.38. The van der Waals surface area contributed by atoms with Gasteiger partial charge in [-0.05, 0) is 43.3 Å². The smallest absolute Gasteiger partial charge is 0.0471 e. The van der Waals surface area contributed by atoms with Crippen molar-refractivity contribution in [2.75, 3.05) is 20.2 Å². The van der Waals surface area contributed by atoms with Crippen LogP contribution in [0.1, 0.15) is 23.8 Å². The number of hydrogen-bond donors (Lipinski definition) is 1. The molecule has 1 heterocycles. The van der Waals surface area contributed by atoms with E-state index in [-0.39, 0.29) is 0 Å². The van der Waals surface area contributed by atoms with Crippen LogP contribution < -0.4 is 0 Å². The van der Waals surface area contributed by atoms with Crippen LogP contribution in [0.2, 0.25) is 0 Å². The van der Waals surface area contributed by atoms with Gasteiger partial charge in [0.15, 0.2) is 0 Å². The van der Waals surface area contributed by atoms with Crippen molar-refractivity contribution in [1.29, 1.82) is 0 Å². The molecule has 1 N–H and O–H groups in total. The van der Waals surface area contributed by atoms with Gasteiger partial charge in [0.05, 0.1) is 0 Å². The van der Waals surface area contributed by atoms with Gasteiger partial charge in [-0.2, -0.15) is 0 Å². The Hall–Kier alpha value is -0.380. The minimum Gasteiger partial charge on any atom is -0.396 e. The fourth-order valence-corrected chi connectivity index (χ4v) is 2.62. The quantitative estimate of drug-likeness (QED) is 0.807. The predicted molar refractivity (Wildman–Crippen MR) is 66.3 cm³/mol. The third-order valence-electron chi connectivity index (χ3n) is 2.79. The van der Waals surface area contributed by atoms with Gasteiger partial charge in [-0.25, -0.2) is 0 Å². The second-order valence-corrected chi connectivity index (χ2v) is 5.18. The first-order chi connectivity index (χ1) is 7.17. The summed E-state index contributed by atoms with van der Waals surface area (Å²) in [7, 11) is 2.12.